The van der Waals surface area contributed by atoms with E-state index in [1.54, 1.807) is 6.07 Å². The Balaban J connectivity index is 3.13. The van der Waals surface area contributed by atoms with Crippen LogP contribution in [0.2, 0.25) is 0 Å². The van der Waals surface area contributed by atoms with Crippen LogP contribution >= 0.6 is 11.3 Å². The molecular formula is C9H13F2NS. The molecule has 4 heteroatoms. The van der Waals surface area contributed by atoms with Crippen molar-refractivity contribution in [3.63, 3.8) is 0 Å². The molecule has 1 nitrogen and oxygen atoms in total. The van der Waals surface area contributed by atoms with Crippen molar-refractivity contribution in [2.24, 2.45) is 5.73 Å². The van der Waals surface area contributed by atoms with E-state index in [1.165, 1.54) is 18.3 Å². The number of alkyl halides is 2. The Morgan fingerprint density at radius 1 is 1.46 bits per heavy atom. The Bertz CT molecular complexity index is 305. The largest absolute Gasteiger partial charge is 0.317 e. The second kappa shape index (κ2) is 3.35. The summed E-state index contributed by atoms with van der Waals surface area (Å²) in [6.45, 7) is 5.08. The van der Waals surface area contributed by atoms with E-state index in [-0.39, 0.29) is 0 Å². The molecule has 2 N–H and O–H groups in total. The molecule has 74 valence electrons. The smallest absolute Gasteiger partial charge is 0.260 e. The summed E-state index contributed by atoms with van der Waals surface area (Å²) < 4.78 is 25.1. The van der Waals surface area contributed by atoms with E-state index in [0.717, 1.165) is 9.75 Å². The third-order valence-electron chi connectivity index (χ3n) is 2.07. The van der Waals surface area contributed by atoms with Gasteiger partial charge in [0.05, 0.1) is 0 Å². The van der Waals surface area contributed by atoms with Gasteiger partial charge in [-0.2, -0.15) is 0 Å². The highest BCUT2D eigenvalue weighted by atomic mass is 32.1. The third-order valence-corrected chi connectivity index (χ3v) is 3.04. The molecule has 0 amide bonds. The molecule has 1 unspecified atom stereocenters. The Morgan fingerprint density at radius 3 is 2.31 bits per heavy atom. The fourth-order valence-electron chi connectivity index (χ4n) is 1.28. The lowest BCUT2D eigenvalue weighted by atomic mass is 9.94. The van der Waals surface area contributed by atoms with Crippen molar-refractivity contribution in [1.82, 2.24) is 0 Å². The molecule has 13 heavy (non-hydrogen) atoms. The molecule has 0 aliphatic heterocycles. The first-order valence-electron chi connectivity index (χ1n) is 4.00. The van der Waals surface area contributed by atoms with E-state index in [0.29, 0.717) is 5.56 Å². The average Bonchev–Trinajstić information content (AvgIpc) is 2.30. The van der Waals surface area contributed by atoms with Crippen LogP contribution in [0.1, 0.15) is 22.2 Å². The Hall–Kier alpha value is -0.480. The standard InChI is InChI=1S/C9H13F2NS/c1-5-4-7(6(2)13-5)9(3,12)8(10)11/h4,8H,12H2,1-3H3. The van der Waals surface area contributed by atoms with Crippen molar-refractivity contribution < 1.29 is 8.78 Å². The summed E-state index contributed by atoms with van der Waals surface area (Å²) in [5, 5.41) is 0. The van der Waals surface area contributed by atoms with Crippen molar-refractivity contribution in [3.8, 4) is 0 Å². The summed E-state index contributed by atoms with van der Waals surface area (Å²) >= 11 is 1.50. The number of hydrogen-bond donors (Lipinski definition) is 1. The average molecular weight is 205 g/mol. The van der Waals surface area contributed by atoms with Crippen LogP contribution in [0.4, 0.5) is 8.78 Å². The van der Waals surface area contributed by atoms with Crippen molar-refractivity contribution in [2.75, 3.05) is 0 Å². The molecule has 0 fully saturated rings. The molecule has 0 aliphatic carbocycles. The molecule has 0 aliphatic rings. The summed E-state index contributed by atoms with van der Waals surface area (Å²) in [4.78, 5) is 1.90. The molecule has 1 aromatic heterocycles. The highest BCUT2D eigenvalue weighted by Gasteiger charge is 2.34. The highest BCUT2D eigenvalue weighted by Crippen LogP contribution is 2.32. The van der Waals surface area contributed by atoms with E-state index in [1.807, 2.05) is 13.8 Å². The number of aryl methyl sites for hydroxylation is 2. The van der Waals surface area contributed by atoms with E-state index in [9.17, 15) is 8.78 Å². The van der Waals surface area contributed by atoms with Crippen molar-refractivity contribution in [3.05, 3.63) is 21.4 Å². The normalized spacial score (nSPS) is 16.2. The van der Waals surface area contributed by atoms with Gasteiger partial charge in [0.15, 0.2) is 0 Å². The van der Waals surface area contributed by atoms with Crippen LogP contribution in [0.25, 0.3) is 0 Å². The summed E-state index contributed by atoms with van der Waals surface area (Å²) in [6.07, 6.45) is -2.53. The molecule has 0 saturated carbocycles. The van der Waals surface area contributed by atoms with Gasteiger partial charge in [-0.1, -0.05) is 0 Å². The van der Waals surface area contributed by atoms with Gasteiger partial charge in [-0.25, -0.2) is 8.78 Å². The first-order valence-corrected chi connectivity index (χ1v) is 4.82. The third kappa shape index (κ3) is 1.89. The quantitative estimate of drug-likeness (QED) is 0.789. The predicted octanol–water partition coefficient (Wildman–Crippen LogP) is 2.80. The topological polar surface area (TPSA) is 26.0 Å². The van der Waals surface area contributed by atoms with Crippen LogP contribution in [0, 0.1) is 13.8 Å². The monoisotopic (exact) mass is 205 g/mol. The lowest BCUT2D eigenvalue weighted by Crippen LogP contribution is -2.40. The summed E-state index contributed by atoms with van der Waals surface area (Å²) in [6, 6.07) is 1.74. The summed E-state index contributed by atoms with van der Waals surface area (Å²) in [5.74, 6) is 0. The summed E-state index contributed by atoms with van der Waals surface area (Å²) in [7, 11) is 0. The SMILES string of the molecule is Cc1cc(C(C)(N)C(F)F)c(C)s1. The lowest BCUT2D eigenvalue weighted by molar-refractivity contribution is 0.0624. The number of halogens is 2. The first kappa shape index (κ1) is 10.6. The Morgan fingerprint density at radius 2 is 2.00 bits per heavy atom. The number of hydrogen-bond acceptors (Lipinski definition) is 2. The maximum Gasteiger partial charge on any atom is 0.260 e. The van der Waals surface area contributed by atoms with Crippen LogP contribution in [0.15, 0.2) is 6.07 Å². The minimum Gasteiger partial charge on any atom is -0.317 e. The molecule has 1 aromatic rings. The van der Waals surface area contributed by atoms with Crippen LogP contribution in [-0.4, -0.2) is 6.43 Å². The molecular weight excluding hydrogens is 192 g/mol. The number of nitrogens with two attached hydrogens (primary N) is 1. The van der Waals surface area contributed by atoms with Gasteiger partial charge in [-0.3, -0.25) is 0 Å². The zero-order valence-corrected chi connectivity index (χ0v) is 8.71. The van der Waals surface area contributed by atoms with E-state index < -0.39 is 12.0 Å². The minimum absolute atomic E-state index is 0.560. The van der Waals surface area contributed by atoms with Crippen LogP contribution in [0.5, 0.6) is 0 Å². The molecule has 1 heterocycles. The second-order valence-electron chi connectivity index (χ2n) is 3.41. The number of thiophene rings is 1. The first-order chi connectivity index (χ1) is 5.85. The van der Waals surface area contributed by atoms with Gasteiger partial charge >= 0.3 is 0 Å². The van der Waals surface area contributed by atoms with E-state index in [4.69, 9.17) is 5.73 Å². The van der Waals surface area contributed by atoms with Crippen molar-refractivity contribution in [2.45, 2.75) is 32.7 Å². The van der Waals surface area contributed by atoms with Gasteiger partial charge in [0, 0.05) is 9.75 Å². The fraction of sp³-hybridized carbons (Fsp3) is 0.556. The lowest BCUT2D eigenvalue weighted by Gasteiger charge is -2.23. The predicted molar refractivity (Wildman–Crippen MR) is 51.3 cm³/mol. The molecule has 0 bridgehead atoms. The van der Waals surface area contributed by atoms with Gasteiger partial charge in [0.2, 0.25) is 0 Å². The zero-order chi connectivity index (χ0) is 10.2. The van der Waals surface area contributed by atoms with Gasteiger partial charge in [0.25, 0.3) is 6.43 Å². The molecule has 0 spiro atoms. The second-order valence-corrected chi connectivity index (χ2v) is 4.87. The minimum atomic E-state index is -2.53. The van der Waals surface area contributed by atoms with Crippen molar-refractivity contribution >= 4 is 11.3 Å². The molecule has 1 rings (SSSR count). The van der Waals surface area contributed by atoms with Gasteiger partial charge in [-0.05, 0) is 32.4 Å². The fourth-order valence-corrected chi connectivity index (χ4v) is 2.33. The summed E-state index contributed by atoms with van der Waals surface area (Å²) in [5.41, 5.74) is 4.59. The van der Waals surface area contributed by atoms with Gasteiger partial charge in [0.1, 0.15) is 5.54 Å². The Kier molecular flexibility index (Phi) is 2.73. The molecule has 1 atom stereocenters. The van der Waals surface area contributed by atoms with Gasteiger partial charge in [-0.15, -0.1) is 11.3 Å². The van der Waals surface area contributed by atoms with Crippen LogP contribution < -0.4 is 5.73 Å². The van der Waals surface area contributed by atoms with Gasteiger partial charge < -0.3 is 5.73 Å². The highest BCUT2D eigenvalue weighted by molar-refractivity contribution is 7.12. The van der Waals surface area contributed by atoms with E-state index in [2.05, 4.69) is 0 Å². The maximum atomic E-state index is 12.6. The van der Waals surface area contributed by atoms with Crippen LogP contribution in [0.3, 0.4) is 0 Å². The molecule has 0 radical (unpaired) electrons. The molecule has 0 saturated heterocycles. The van der Waals surface area contributed by atoms with Crippen LogP contribution in [-0.2, 0) is 5.54 Å². The number of rotatable bonds is 2. The maximum absolute atomic E-state index is 12.6. The zero-order valence-electron chi connectivity index (χ0n) is 7.90. The Labute approximate surface area is 80.6 Å². The van der Waals surface area contributed by atoms with Crippen molar-refractivity contribution in [1.29, 1.82) is 0 Å². The molecule has 0 aromatic carbocycles. The van der Waals surface area contributed by atoms with E-state index >= 15 is 0 Å².